The average molecular weight is 207 g/mol. The highest BCUT2D eigenvalue weighted by Gasteiger charge is 2.27. The van der Waals surface area contributed by atoms with E-state index in [1.807, 2.05) is 10.9 Å². The molecule has 3 atom stereocenters. The van der Waals surface area contributed by atoms with E-state index in [9.17, 15) is 0 Å². The Bertz CT molecular complexity index is 318. The standard InChI is InChI=1S/C12H21N3/c1-3-15-8-11(7-14-15)12(13)10-5-4-9(2)6-10/h7-10,12H,3-6,13H2,1-2H3. The molecule has 84 valence electrons. The van der Waals surface area contributed by atoms with Crippen LogP contribution in [0.2, 0.25) is 0 Å². The Morgan fingerprint density at radius 1 is 1.60 bits per heavy atom. The van der Waals surface area contributed by atoms with Crippen molar-refractivity contribution in [1.82, 2.24) is 9.78 Å². The molecular formula is C12H21N3. The van der Waals surface area contributed by atoms with Gasteiger partial charge in [-0.15, -0.1) is 0 Å². The van der Waals surface area contributed by atoms with Gasteiger partial charge in [0.05, 0.1) is 6.20 Å². The SMILES string of the molecule is CCn1cc(C(N)C2CCC(C)C2)cn1. The quantitative estimate of drug-likeness (QED) is 0.826. The second kappa shape index (κ2) is 4.35. The van der Waals surface area contributed by atoms with E-state index in [0.717, 1.165) is 12.5 Å². The van der Waals surface area contributed by atoms with Gasteiger partial charge in [0, 0.05) is 24.3 Å². The molecule has 0 saturated heterocycles. The van der Waals surface area contributed by atoms with E-state index in [-0.39, 0.29) is 6.04 Å². The lowest BCUT2D eigenvalue weighted by molar-refractivity contribution is 0.428. The van der Waals surface area contributed by atoms with Gasteiger partial charge in [-0.05, 0) is 31.6 Å². The maximum Gasteiger partial charge on any atom is 0.0537 e. The number of aryl methyl sites for hydroxylation is 1. The van der Waals surface area contributed by atoms with Gasteiger partial charge in [0.25, 0.3) is 0 Å². The van der Waals surface area contributed by atoms with Crippen molar-refractivity contribution < 1.29 is 0 Å². The molecule has 2 rings (SSSR count). The zero-order valence-corrected chi connectivity index (χ0v) is 9.69. The van der Waals surface area contributed by atoms with Crippen LogP contribution in [0, 0.1) is 11.8 Å². The molecule has 1 aliphatic carbocycles. The largest absolute Gasteiger partial charge is 0.324 e. The van der Waals surface area contributed by atoms with Crippen LogP contribution in [0.3, 0.4) is 0 Å². The van der Waals surface area contributed by atoms with Crippen LogP contribution >= 0.6 is 0 Å². The topological polar surface area (TPSA) is 43.8 Å². The zero-order valence-electron chi connectivity index (χ0n) is 9.69. The van der Waals surface area contributed by atoms with Crippen molar-refractivity contribution in [1.29, 1.82) is 0 Å². The summed E-state index contributed by atoms with van der Waals surface area (Å²) in [5.41, 5.74) is 7.48. The van der Waals surface area contributed by atoms with Gasteiger partial charge in [0.1, 0.15) is 0 Å². The number of rotatable bonds is 3. The molecule has 0 radical (unpaired) electrons. The monoisotopic (exact) mass is 207 g/mol. The molecule has 1 fully saturated rings. The maximum atomic E-state index is 6.28. The van der Waals surface area contributed by atoms with E-state index in [1.165, 1.54) is 24.8 Å². The summed E-state index contributed by atoms with van der Waals surface area (Å²) in [7, 11) is 0. The lowest BCUT2D eigenvalue weighted by atomic mass is 9.94. The van der Waals surface area contributed by atoms with E-state index < -0.39 is 0 Å². The van der Waals surface area contributed by atoms with E-state index in [1.54, 1.807) is 0 Å². The first kappa shape index (κ1) is 10.7. The van der Waals surface area contributed by atoms with Gasteiger partial charge in [-0.25, -0.2) is 0 Å². The fraction of sp³-hybridized carbons (Fsp3) is 0.750. The van der Waals surface area contributed by atoms with Crippen molar-refractivity contribution in [2.75, 3.05) is 0 Å². The molecule has 0 aliphatic heterocycles. The molecule has 3 unspecified atom stereocenters. The predicted octanol–water partition coefficient (Wildman–Crippen LogP) is 2.34. The normalized spacial score (nSPS) is 28.2. The number of hydrogen-bond acceptors (Lipinski definition) is 2. The summed E-state index contributed by atoms with van der Waals surface area (Å²) in [4.78, 5) is 0. The van der Waals surface area contributed by atoms with Gasteiger partial charge in [0.2, 0.25) is 0 Å². The van der Waals surface area contributed by atoms with Gasteiger partial charge in [0.15, 0.2) is 0 Å². The Hall–Kier alpha value is -0.830. The summed E-state index contributed by atoms with van der Waals surface area (Å²) in [5, 5.41) is 4.28. The number of nitrogens with two attached hydrogens (primary N) is 1. The molecule has 0 spiro atoms. The first-order valence-electron chi connectivity index (χ1n) is 5.98. The fourth-order valence-corrected chi connectivity index (χ4v) is 2.57. The van der Waals surface area contributed by atoms with E-state index in [4.69, 9.17) is 5.73 Å². The molecule has 1 aliphatic rings. The summed E-state index contributed by atoms with van der Waals surface area (Å²) in [5.74, 6) is 1.51. The van der Waals surface area contributed by atoms with Crippen LogP contribution in [0.15, 0.2) is 12.4 Å². The molecule has 3 heteroatoms. The van der Waals surface area contributed by atoms with Crippen LogP contribution in [0.1, 0.15) is 44.7 Å². The Morgan fingerprint density at radius 3 is 2.93 bits per heavy atom. The molecule has 2 N–H and O–H groups in total. The second-order valence-electron chi connectivity index (χ2n) is 4.83. The lowest BCUT2D eigenvalue weighted by Crippen LogP contribution is -2.18. The van der Waals surface area contributed by atoms with Crippen LogP contribution in [0.5, 0.6) is 0 Å². The number of aromatic nitrogens is 2. The Morgan fingerprint density at radius 2 is 2.40 bits per heavy atom. The smallest absolute Gasteiger partial charge is 0.0537 e. The molecule has 3 nitrogen and oxygen atoms in total. The third-order valence-corrected chi connectivity index (χ3v) is 3.61. The minimum atomic E-state index is 0.190. The van der Waals surface area contributed by atoms with Crippen LogP contribution in [0.25, 0.3) is 0 Å². The van der Waals surface area contributed by atoms with Gasteiger partial charge in [-0.2, -0.15) is 5.10 Å². The molecular weight excluding hydrogens is 186 g/mol. The van der Waals surface area contributed by atoms with Gasteiger partial charge in [-0.3, -0.25) is 4.68 Å². The van der Waals surface area contributed by atoms with Crippen LogP contribution in [-0.4, -0.2) is 9.78 Å². The molecule has 0 amide bonds. The Labute approximate surface area is 91.7 Å². The molecule has 0 bridgehead atoms. The second-order valence-corrected chi connectivity index (χ2v) is 4.83. The predicted molar refractivity (Wildman–Crippen MR) is 61.3 cm³/mol. The first-order chi connectivity index (χ1) is 7.20. The highest BCUT2D eigenvalue weighted by atomic mass is 15.3. The van der Waals surface area contributed by atoms with Crippen molar-refractivity contribution in [3.8, 4) is 0 Å². The summed E-state index contributed by atoms with van der Waals surface area (Å²) >= 11 is 0. The molecule has 1 saturated carbocycles. The number of hydrogen-bond donors (Lipinski definition) is 1. The third-order valence-electron chi connectivity index (χ3n) is 3.61. The summed E-state index contributed by atoms with van der Waals surface area (Å²) in [6.07, 6.45) is 7.91. The summed E-state index contributed by atoms with van der Waals surface area (Å²) in [6.45, 7) is 5.34. The summed E-state index contributed by atoms with van der Waals surface area (Å²) in [6, 6.07) is 0.190. The molecule has 1 aromatic rings. The maximum absolute atomic E-state index is 6.28. The van der Waals surface area contributed by atoms with E-state index in [0.29, 0.717) is 5.92 Å². The molecule has 0 aromatic carbocycles. The first-order valence-corrected chi connectivity index (χ1v) is 5.98. The molecule has 1 heterocycles. The lowest BCUT2D eigenvalue weighted by Gasteiger charge is -2.17. The minimum Gasteiger partial charge on any atom is -0.324 e. The third kappa shape index (κ3) is 2.23. The Balaban J connectivity index is 2.03. The van der Waals surface area contributed by atoms with Crippen molar-refractivity contribution >= 4 is 0 Å². The van der Waals surface area contributed by atoms with Crippen molar-refractivity contribution in [3.63, 3.8) is 0 Å². The van der Waals surface area contributed by atoms with Gasteiger partial charge >= 0.3 is 0 Å². The Kier molecular flexibility index (Phi) is 3.10. The average Bonchev–Trinajstić information content (AvgIpc) is 2.84. The summed E-state index contributed by atoms with van der Waals surface area (Å²) < 4.78 is 1.95. The van der Waals surface area contributed by atoms with Crippen LogP contribution in [-0.2, 0) is 6.54 Å². The van der Waals surface area contributed by atoms with Crippen molar-refractivity contribution in [3.05, 3.63) is 18.0 Å². The van der Waals surface area contributed by atoms with Crippen LogP contribution < -0.4 is 5.73 Å². The van der Waals surface area contributed by atoms with E-state index in [2.05, 4.69) is 25.1 Å². The molecule has 15 heavy (non-hydrogen) atoms. The molecule has 1 aromatic heterocycles. The minimum absolute atomic E-state index is 0.190. The van der Waals surface area contributed by atoms with Crippen molar-refractivity contribution in [2.45, 2.75) is 45.7 Å². The van der Waals surface area contributed by atoms with E-state index >= 15 is 0 Å². The van der Waals surface area contributed by atoms with Gasteiger partial charge in [-0.1, -0.05) is 13.3 Å². The van der Waals surface area contributed by atoms with Crippen LogP contribution in [0.4, 0.5) is 0 Å². The highest BCUT2D eigenvalue weighted by molar-refractivity contribution is 5.11. The fourth-order valence-electron chi connectivity index (χ4n) is 2.57. The number of nitrogens with zero attached hydrogens (tertiary/aromatic N) is 2. The highest BCUT2D eigenvalue weighted by Crippen LogP contribution is 2.37. The zero-order chi connectivity index (χ0) is 10.8. The van der Waals surface area contributed by atoms with Gasteiger partial charge < -0.3 is 5.73 Å². The van der Waals surface area contributed by atoms with Crippen molar-refractivity contribution in [2.24, 2.45) is 17.6 Å².